The Morgan fingerprint density at radius 2 is 1.96 bits per heavy atom. The molecule has 1 aromatic rings. The van der Waals surface area contributed by atoms with Crippen LogP contribution in [0.15, 0.2) is 35.9 Å². The molecule has 5 nitrogen and oxygen atoms in total. The second-order valence-electron chi connectivity index (χ2n) is 6.83. The fourth-order valence-corrected chi connectivity index (χ4v) is 4.32. The molecule has 0 saturated heterocycles. The summed E-state index contributed by atoms with van der Waals surface area (Å²) < 4.78 is 14.7. The molecule has 2 unspecified atom stereocenters. The van der Waals surface area contributed by atoms with Gasteiger partial charge in [0.1, 0.15) is 11.7 Å². The van der Waals surface area contributed by atoms with Gasteiger partial charge in [-0.05, 0) is 30.2 Å². The highest BCUT2D eigenvalue weighted by atomic mass is 19.1. The van der Waals surface area contributed by atoms with E-state index in [1.54, 1.807) is 18.2 Å². The van der Waals surface area contributed by atoms with E-state index in [0.29, 0.717) is 6.54 Å². The van der Waals surface area contributed by atoms with Gasteiger partial charge in [-0.15, -0.1) is 0 Å². The summed E-state index contributed by atoms with van der Waals surface area (Å²) in [4.78, 5) is 1.25. The second kappa shape index (κ2) is 6.71. The van der Waals surface area contributed by atoms with Crippen LogP contribution in [0.2, 0.25) is 0 Å². The van der Waals surface area contributed by atoms with E-state index in [4.69, 9.17) is 5.41 Å². The monoisotopic (exact) mass is 348 g/mol. The molecule has 2 N–H and O–H groups in total. The smallest absolute Gasteiger partial charge is 0.190 e. The van der Waals surface area contributed by atoms with Gasteiger partial charge in [0.2, 0.25) is 0 Å². The van der Waals surface area contributed by atoms with Crippen LogP contribution in [0.25, 0.3) is 0 Å². The van der Waals surface area contributed by atoms with Crippen molar-refractivity contribution in [3.05, 3.63) is 47.3 Å². The van der Waals surface area contributed by atoms with E-state index in [0.717, 1.165) is 18.7 Å². The number of benzene rings is 1. The Bertz CT molecular complexity index is 884. The van der Waals surface area contributed by atoms with Crippen molar-refractivity contribution in [2.45, 2.75) is 12.8 Å². The number of fused-ring (bicyclic) bond motifs is 1. The fourth-order valence-electron chi connectivity index (χ4n) is 4.32. The maximum atomic E-state index is 14.7. The third-order valence-electron chi connectivity index (χ3n) is 5.70. The molecule has 0 aromatic heterocycles. The highest BCUT2D eigenvalue weighted by Crippen LogP contribution is 2.52. The van der Waals surface area contributed by atoms with Crippen LogP contribution in [0.3, 0.4) is 0 Å². The van der Waals surface area contributed by atoms with Crippen LogP contribution in [0.4, 0.5) is 4.39 Å². The zero-order valence-corrected chi connectivity index (χ0v) is 14.5. The lowest BCUT2D eigenvalue weighted by Crippen LogP contribution is -3.13. The topological polar surface area (TPSA) is 99.7 Å². The van der Waals surface area contributed by atoms with E-state index in [-0.39, 0.29) is 17.2 Å². The van der Waals surface area contributed by atoms with Gasteiger partial charge in [-0.2, -0.15) is 15.8 Å². The standard InChI is InChI=1S/C20H18FN5/c1-2-26-8-7-13-15(9-22)19(25)20(11-23,12-24)18(16(13)10-26)14-5-3-4-6-17(14)21/h3-7,15-16,18,25H,2,8,10H2,1H3/p+1/t15?,16-,18-/m0/s1. The van der Waals surface area contributed by atoms with Crippen molar-refractivity contribution in [3.63, 3.8) is 0 Å². The molecule has 0 spiro atoms. The lowest BCUT2D eigenvalue weighted by atomic mass is 9.54. The lowest BCUT2D eigenvalue weighted by Gasteiger charge is -2.46. The predicted molar refractivity (Wildman–Crippen MR) is 92.4 cm³/mol. The van der Waals surface area contributed by atoms with Gasteiger partial charge in [0.05, 0.1) is 43.6 Å². The molecular weight excluding hydrogens is 329 g/mol. The quantitative estimate of drug-likeness (QED) is 0.794. The van der Waals surface area contributed by atoms with E-state index in [1.807, 2.05) is 25.1 Å². The van der Waals surface area contributed by atoms with Crippen LogP contribution in [0.5, 0.6) is 0 Å². The Balaban J connectivity index is 2.28. The first kappa shape index (κ1) is 17.8. The summed E-state index contributed by atoms with van der Waals surface area (Å²) >= 11 is 0. The zero-order chi connectivity index (χ0) is 18.9. The van der Waals surface area contributed by atoms with Crippen LogP contribution in [-0.4, -0.2) is 25.3 Å². The Kier molecular flexibility index (Phi) is 4.60. The van der Waals surface area contributed by atoms with Gasteiger partial charge in [0, 0.05) is 11.8 Å². The molecule has 1 heterocycles. The average Bonchev–Trinajstić information content (AvgIpc) is 2.67. The largest absolute Gasteiger partial charge is 0.331 e. The number of quaternary nitrogens is 1. The third-order valence-corrected chi connectivity index (χ3v) is 5.70. The second-order valence-corrected chi connectivity index (χ2v) is 6.83. The Morgan fingerprint density at radius 3 is 2.54 bits per heavy atom. The minimum Gasteiger partial charge on any atom is -0.331 e. The molecule has 1 saturated carbocycles. The fraction of sp³-hybridized carbons (Fsp3) is 0.400. The van der Waals surface area contributed by atoms with Gasteiger partial charge in [-0.1, -0.05) is 18.2 Å². The third kappa shape index (κ3) is 2.41. The van der Waals surface area contributed by atoms with Crippen molar-refractivity contribution in [3.8, 4) is 18.2 Å². The molecule has 1 aliphatic carbocycles. The number of rotatable bonds is 2. The normalized spacial score (nSPS) is 29.5. The summed E-state index contributed by atoms with van der Waals surface area (Å²) in [5.74, 6) is -2.52. The molecule has 0 radical (unpaired) electrons. The van der Waals surface area contributed by atoms with E-state index >= 15 is 0 Å². The van der Waals surface area contributed by atoms with Crippen molar-refractivity contribution in [2.24, 2.45) is 17.3 Å². The summed E-state index contributed by atoms with van der Waals surface area (Å²) in [6.07, 6.45) is 1.95. The summed E-state index contributed by atoms with van der Waals surface area (Å²) in [5.41, 5.74) is -1.06. The molecular formula is C20H19FN5+. The Hall–Kier alpha value is -3.01. The molecule has 1 aliphatic heterocycles. The van der Waals surface area contributed by atoms with E-state index in [1.165, 1.54) is 11.0 Å². The number of halogens is 1. The first-order valence-electron chi connectivity index (χ1n) is 8.63. The van der Waals surface area contributed by atoms with Gasteiger partial charge in [0.15, 0.2) is 5.41 Å². The molecule has 1 fully saturated rings. The molecule has 0 amide bonds. The molecule has 6 heteroatoms. The number of likely N-dealkylation sites (N-methyl/N-ethyl adjacent to an activating group) is 1. The number of nitriles is 3. The molecule has 1 aromatic carbocycles. The molecule has 3 rings (SSSR count). The molecule has 4 atom stereocenters. The highest BCUT2D eigenvalue weighted by molar-refractivity contribution is 6.00. The summed E-state index contributed by atoms with van der Waals surface area (Å²) in [6.45, 7) is 4.23. The SMILES string of the molecule is CC[NH+]1CC=C2C(C#N)C(=N)C(C#N)(C#N)[C@@H](c3ccccc3F)[C@H]2C1. The average molecular weight is 348 g/mol. The maximum absolute atomic E-state index is 14.7. The predicted octanol–water partition coefficient (Wildman–Crippen LogP) is 1.58. The number of nitrogens with zero attached hydrogens (tertiary/aromatic N) is 3. The van der Waals surface area contributed by atoms with Crippen LogP contribution in [0.1, 0.15) is 18.4 Å². The Labute approximate surface area is 152 Å². The van der Waals surface area contributed by atoms with Gasteiger partial charge in [0.25, 0.3) is 0 Å². The molecule has 26 heavy (non-hydrogen) atoms. The Morgan fingerprint density at radius 1 is 1.27 bits per heavy atom. The van der Waals surface area contributed by atoms with Crippen LogP contribution in [0, 0.1) is 62.5 Å². The van der Waals surface area contributed by atoms with Gasteiger partial charge < -0.3 is 10.3 Å². The first-order valence-corrected chi connectivity index (χ1v) is 8.63. The van der Waals surface area contributed by atoms with Crippen molar-refractivity contribution >= 4 is 5.71 Å². The summed E-state index contributed by atoms with van der Waals surface area (Å²) in [7, 11) is 0. The number of hydrogen-bond donors (Lipinski definition) is 2. The van der Waals surface area contributed by atoms with E-state index in [2.05, 4.69) is 6.07 Å². The minimum absolute atomic E-state index is 0.235. The molecule has 0 bridgehead atoms. The van der Waals surface area contributed by atoms with Crippen molar-refractivity contribution in [1.29, 1.82) is 21.2 Å². The highest BCUT2D eigenvalue weighted by Gasteiger charge is 2.59. The summed E-state index contributed by atoms with van der Waals surface area (Å²) in [6, 6.07) is 12.2. The van der Waals surface area contributed by atoms with Crippen LogP contribution in [-0.2, 0) is 0 Å². The number of hydrogen-bond acceptors (Lipinski definition) is 4. The van der Waals surface area contributed by atoms with Crippen LogP contribution < -0.4 is 4.90 Å². The first-order chi connectivity index (χ1) is 12.5. The van der Waals surface area contributed by atoms with Gasteiger partial charge in [-0.3, -0.25) is 0 Å². The molecule has 2 aliphatic rings. The van der Waals surface area contributed by atoms with E-state index < -0.39 is 23.1 Å². The number of nitrogens with one attached hydrogen (secondary N) is 2. The van der Waals surface area contributed by atoms with Crippen molar-refractivity contribution in [1.82, 2.24) is 0 Å². The van der Waals surface area contributed by atoms with Crippen molar-refractivity contribution in [2.75, 3.05) is 19.6 Å². The van der Waals surface area contributed by atoms with Crippen molar-refractivity contribution < 1.29 is 9.29 Å². The maximum Gasteiger partial charge on any atom is 0.190 e. The summed E-state index contributed by atoms with van der Waals surface area (Å²) in [5, 5.41) is 37.9. The van der Waals surface area contributed by atoms with E-state index in [9.17, 15) is 20.2 Å². The zero-order valence-electron chi connectivity index (χ0n) is 14.5. The van der Waals surface area contributed by atoms with Gasteiger partial charge in [-0.25, -0.2) is 4.39 Å². The van der Waals surface area contributed by atoms with Crippen LogP contribution >= 0.6 is 0 Å². The van der Waals surface area contributed by atoms with Gasteiger partial charge >= 0.3 is 0 Å². The minimum atomic E-state index is -1.85. The molecule has 130 valence electrons. The lowest BCUT2D eigenvalue weighted by molar-refractivity contribution is -0.897.